The second-order valence-electron chi connectivity index (χ2n) is 6.67. The summed E-state index contributed by atoms with van der Waals surface area (Å²) in [6, 6.07) is 16.1. The lowest BCUT2D eigenvalue weighted by Gasteiger charge is -2.47. The van der Waals surface area contributed by atoms with Gasteiger partial charge in [0.1, 0.15) is 5.75 Å². The standard InChI is InChI=1S/C14H22N2O.C6H4/c1-3-7-14(2)11-15-8-9-16(14)12-5-4-6-13(17)10-12;1-2-6-4-3-5(1)6/h4-6,10,15,17H,3,7-9,11H2,1-2H3;1-4H. The van der Waals surface area contributed by atoms with Gasteiger partial charge in [0.15, 0.2) is 0 Å². The number of piperazine rings is 1. The molecule has 1 aliphatic heterocycles. The van der Waals surface area contributed by atoms with E-state index in [0.29, 0.717) is 5.75 Å². The van der Waals surface area contributed by atoms with E-state index < -0.39 is 0 Å². The molecule has 1 aromatic rings. The fourth-order valence-corrected chi connectivity index (χ4v) is 3.44. The number of fused-ring (bicyclic) bond motifs is 1. The topological polar surface area (TPSA) is 35.5 Å². The highest BCUT2D eigenvalue weighted by Crippen LogP contribution is 2.31. The van der Waals surface area contributed by atoms with Crippen LogP contribution in [0.4, 0.5) is 5.69 Å². The van der Waals surface area contributed by atoms with Gasteiger partial charge >= 0.3 is 0 Å². The van der Waals surface area contributed by atoms with E-state index in [1.807, 2.05) is 12.1 Å². The Morgan fingerprint density at radius 2 is 1.83 bits per heavy atom. The third kappa shape index (κ3) is 3.35. The Morgan fingerprint density at radius 1 is 1.13 bits per heavy atom. The molecule has 2 N–H and O–H groups in total. The lowest BCUT2D eigenvalue weighted by atomic mass is 9.91. The number of hydrogen-bond acceptors (Lipinski definition) is 3. The van der Waals surface area contributed by atoms with Crippen molar-refractivity contribution in [3.8, 4) is 16.9 Å². The van der Waals surface area contributed by atoms with Crippen LogP contribution in [-0.4, -0.2) is 30.3 Å². The number of benzene rings is 2. The van der Waals surface area contributed by atoms with E-state index in [1.165, 1.54) is 17.5 Å². The van der Waals surface area contributed by atoms with E-state index >= 15 is 0 Å². The number of rotatable bonds is 3. The zero-order chi connectivity index (χ0) is 16.3. The maximum Gasteiger partial charge on any atom is 0.117 e. The number of phenolic OH excluding ortho intramolecular Hbond substituents is 1. The first-order chi connectivity index (χ1) is 11.1. The molecule has 1 atom stereocenters. The number of aromatic hydroxyl groups is 1. The Morgan fingerprint density at radius 3 is 2.35 bits per heavy atom. The van der Waals surface area contributed by atoms with Crippen LogP contribution in [0.5, 0.6) is 5.75 Å². The molecule has 122 valence electrons. The fraction of sp³-hybridized carbons (Fsp3) is 0.400. The molecule has 3 heteroatoms. The third-order valence-electron chi connectivity index (χ3n) is 4.82. The third-order valence-corrected chi connectivity index (χ3v) is 4.82. The lowest BCUT2D eigenvalue weighted by molar-refractivity contribution is 0.328. The normalized spacial score (nSPS) is 21.4. The summed E-state index contributed by atoms with van der Waals surface area (Å²) in [5, 5.41) is 13.1. The molecule has 0 saturated carbocycles. The van der Waals surface area contributed by atoms with Crippen molar-refractivity contribution in [1.82, 2.24) is 5.32 Å². The smallest absolute Gasteiger partial charge is 0.117 e. The highest BCUT2D eigenvalue weighted by molar-refractivity contribution is 5.75. The summed E-state index contributed by atoms with van der Waals surface area (Å²) in [7, 11) is 0. The van der Waals surface area contributed by atoms with Crippen LogP contribution in [-0.2, 0) is 0 Å². The molecule has 1 aromatic carbocycles. The van der Waals surface area contributed by atoms with Gasteiger partial charge in [0.05, 0.1) is 0 Å². The van der Waals surface area contributed by atoms with Gasteiger partial charge in [-0.3, -0.25) is 0 Å². The van der Waals surface area contributed by atoms with Gasteiger partial charge in [0.25, 0.3) is 0 Å². The minimum Gasteiger partial charge on any atom is -0.508 e. The van der Waals surface area contributed by atoms with E-state index in [4.69, 9.17) is 0 Å². The first kappa shape index (κ1) is 15.9. The summed E-state index contributed by atoms with van der Waals surface area (Å²) in [5.41, 5.74) is 4.13. The van der Waals surface area contributed by atoms with Gasteiger partial charge < -0.3 is 15.3 Å². The SMILES string of the molecule is CCCC1(C)CNCCN1c1cccc(O)c1.c1cc2ccc1-2. The molecule has 3 nitrogen and oxygen atoms in total. The van der Waals surface area contributed by atoms with Gasteiger partial charge in [-0.2, -0.15) is 0 Å². The van der Waals surface area contributed by atoms with Crippen molar-refractivity contribution in [3.05, 3.63) is 48.5 Å². The van der Waals surface area contributed by atoms with Crippen LogP contribution < -0.4 is 10.2 Å². The molecule has 0 amide bonds. The van der Waals surface area contributed by atoms with E-state index in [9.17, 15) is 5.11 Å². The maximum absolute atomic E-state index is 9.60. The molecule has 1 saturated heterocycles. The quantitative estimate of drug-likeness (QED) is 0.767. The minimum atomic E-state index is 0.154. The molecule has 0 aromatic heterocycles. The zero-order valence-electron chi connectivity index (χ0n) is 14.0. The first-order valence-electron chi connectivity index (χ1n) is 8.50. The Kier molecular flexibility index (Phi) is 4.58. The Hall–Kier alpha value is -2.00. The summed E-state index contributed by atoms with van der Waals surface area (Å²) >= 11 is 0. The predicted octanol–water partition coefficient (Wildman–Crippen LogP) is 4.03. The number of hydrogen-bond donors (Lipinski definition) is 2. The van der Waals surface area contributed by atoms with Crippen molar-refractivity contribution >= 4 is 5.69 Å². The molecule has 2 aliphatic carbocycles. The fourth-order valence-electron chi connectivity index (χ4n) is 3.44. The number of nitrogens with one attached hydrogen (secondary N) is 1. The molecule has 0 radical (unpaired) electrons. The lowest BCUT2D eigenvalue weighted by Crippen LogP contribution is -2.59. The number of phenols is 1. The highest BCUT2D eigenvalue weighted by Gasteiger charge is 2.33. The van der Waals surface area contributed by atoms with Crippen molar-refractivity contribution in [2.45, 2.75) is 32.2 Å². The van der Waals surface area contributed by atoms with Crippen LogP contribution in [0.25, 0.3) is 11.1 Å². The summed E-state index contributed by atoms with van der Waals surface area (Å²) in [6.07, 6.45) is 2.34. The zero-order valence-corrected chi connectivity index (χ0v) is 14.0. The average molecular weight is 310 g/mol. The van der Waals surface area contributed by atoms with Crippen molar-refractivity contribution < 1.29 is 5.11 Å². The summed E-state index contributed by atoms with van der Waals surface area (Å²) in [4.78, 5) is 2.42. The van der Waals surface area contributed by atoms with Crippen LogP contribution in [0, 0.1) is 0 Å². The minimum absolute atomic E-state index is 0.154. The van der Waals surface area contributed by atoms with Gasteiger partial charge in [0.2, 0.25) is 0 Å². The first-order valence-corrected chi connectivity index (χ1v) is 8.50. The largest absolute Gasteiger partial charge is 0.508 e. The van der Waals surface area contributed by atoms with Crippen LogP contribution in [0.3, 0.4) is 0 Å². The molecule has 3 aliphatic rings. The summed E-state index contributed by atoms with van der Waals surface area (Å²) < 4.78 is 0. The molecule has 1 unspecified atom stereocenters. The molecule has 0 spiro atoms. The summed E-state index contributed by atoms with van der Waals surface area (Å²) in [5.74, 6) is 0.347. The van der Waals surface area contributed by atoms with Crippen molar-refractivity contribution in [1.29, 1.82) is 0 Å². The Bertz CT molecular complexity index is 628. The van der Waals surface area contributed by atoms with E-state index in [-0.39, 0.29) is 5.54 Å². The molecule has 23 heavy (non-hydrogen) atoms. The molecular weight excluding hydrogens is 284 g/mol. The van der Waals surface area contributed by atoms with Gasteiger partial charge in [-0.25, -0.2) is 0 Å². The van der Waals surface area contributed by atoms with Crippen molar-refractivity contribution in [2.24, 2.45) is 0 Å². The van der Waals surface area contributed by atoms with Crippen molar-refractivity contribution in [3.63, 3.8) is 0 Å². The van der Waals surface area contributed by atoms with E-state index in [0.717, 1.165) is 31.7 Å². The molecule has 4 rings (SSSR count). The Balaban J connectivity index is 0.000000213. The highest BCUT2D eigenvalue weighted by atomic mass is 16.3. The van der Waals surface area contributed by atoms with Crippen LogP contribution in [0.1, 0.15) is 26.7 Å². The molecule has 0 bridgehead atoms. The van der Waals surface area contributed by atoms with Crippen molar-refractivity contribution in [2.75, 3.05) is 24.5 Å². The average Bonchev–Trinajstić information content (AvgIpc) is 2.52. The second kappa shape index (κ2) is 6.63. The summed E-state index contributed by atoms with van der Waals surface area (Å²) in [6.45, 7) is 7.54. The van der Waals surface area contributed by atoms with Gasteiger partial charge in [-0.1, -0.05) is 43.7 Å². The van der Waals surface area contributed by atoms with Crippen LogP contribution in [0.15, 0.2) is 48.5 Å². The van der Waals surface area contributed by atoms with E-state index in [1.54, 1.807) is 6.07 Å². The van der Waals surface area contributed by atoms with Gasteiger partial charge in [-0.15, -0.1) is 0 Å². The molecular formula is C20H26N2O. The molecule has 1 fully saturated rings. The maximum atomic E-state index is 9.60. The molecule has 1 heterocycles. The van der Waals surface area contributed by atoms with E-state index in [2.05, 4.69) is 54.4 Å². The van der Waals surface area contributed by atoms with Gasteiger partial charge in [-0.05, 0) is 36.6 Å². The van der Waals surface area contributed by atoms with Crippen LogP contribution >= 0.6 is 0 Å². The predicted molar refractivity (Wildman–Crippen MR) is 97.1 cm³/mol. The van der Waals surface area contributed by atoms with Crippen LogP contribution in [0.2, 0.25) is 0 Å². The number of nitrogens with zero attached hydrogens (tertiary/aromatic N) is 1. The Labute approximate surface area is 139 Å². The van der Waals surface area contributed by atoms with Gasteiger partial charge in [0, 0.05) is 36.9 Å². The second-order valence-corrected chi connectivity index (χ2v) is 6.67. The number of anilines is 1. The monoisotopic (exact) mass is 310 g/mol.